The number of H-pyrrole nitrogens is 1. The van der Waals surface area contributed by atoms with Crippen LogP contribution >= 0.6 is 24.0 Å². The molecule has 2 aromatic heterocycles. The van der Waals surface area contributed by atoms with E-state index >= 15 is 0 Å². The van der Waals surface area contributed by atoms with Crippen LogP contribution in [-0.4, -0.2) is 20.1 Å². The van der Waals surface area contributed by atoms with E-state index in [2.05, 4.69) is 20.3 Å². The maximum absolute atomic E-state index is 13.3. The number of hydrogen-bond donors (Lipinski definition) is 3. The maximum atomic E-state index is 13.3. The summed E-state index contributed by atoms with van der Waals surface area (Å²) in [7, 11) is 0. The minimum atomic E-state index is -0.309. The number of fused-ring (bicyclic) bond motifs is 1. The number of nitrogens with one attached hydrogen (secondary N) is 2. The summed E-state index contributed by atoms with van der Waals surface area (Å²) in [6.07, 6.45) is 1.44. The fraction of sp³-hybridized carbons (Fsp3) is 0.100. The molecule has 0 unspecified atom stereocenters. The summed E-state index contributed by atoms with van der Waals surface area (Å²) >= 11 is 6.33. The number of ether oxygens (including phenoxy) is 1. The van der Waals surface area contributed by atoms with E-state index in [1.165, 1.54) is 18.5 Å². The van der Waals surface area contributed by atoms with Crippen LogP contribution in [-0.2, 0) is 13.2 Å². The molecule has 0 aliphatic heterocycles. The van der Waals surface area contributed by atoms with Crippen molar-refractivity contribution in [2.24, 2.45) is 0 Å². The Balaban J connectivity index is 0.00000240. The van der Waals surface area contributed by atoms with E-state index in [4.69, 9.17) is 16.3 Å². The summed E-state index contributed by atoms with van der Waals surface area (Å²) in [5.41, 5.74) is 3.46. The molecular formula is C20H17Cl2FN4O2. The SMILES string of the molecule is Cl.OCc1cc2ncnc(Nc3ccc(OCc4cccc(F)c4)c(Cl)c3)c2[nH]1. The molecule has 0 fully saturated rings. The average molecular weight is 435 g/mol. The fourth-order valence-electron chi connectivity index (χ4n) is 2.79. The maximum Gasteiger partial charge on any atom is 0.158 e. The Bertz CT molecular complexity index is 1140. The van der Waals surface area contributed by atoms with Crippen LogP contribution in [0.25, 0.3) is 11.0 Å². The molecule has 0 atom stereocenters. The van der Waals surface area contributed by atoms with E-state index in [1.807, 2.05) is 0 Å². The van der Waals surface area contributed by atoms with Gasteiger partial charge in [-0.15, -0.1) is 12.4 Å². The second-order valence-electron chi connectivity index (χ2n) is 6.12. The number of nitrogens with zero attached hydrogens (tertiary/aromatic N) is 2. The van der Waals surface area contributed by atoms with E-state index in [0.29, 0.717) is 44.6 Å². The second kappa shape index (κ2) is 9.09. The second-order valence-corrected chi connectivity index (χ2v) is 6.53. The first-order valence-corrected chi connectivity index (χ1v) is 8.87. The zero-order chi connectivity index (χ0) is 19.5. The Morgan fingerprint density at radius 1 is 1.14 bits per heavy atom. The van der Waals surface area contributed by atoms with E-state index in [9.17, 15) is 9.50 Å². The molecule has 2 aromatic carbocycles. The molecule has 150 valence electrons. The van der Waals surface area contributed by atoms with Gasteiger partial charge in [0.25, 0.3) is 0 Å². The summed E-state index contributed by atoms with van der Waals surface area (Å²) in [5.74, 6) is 0.748. The number of halogens is 3. The third kappa shape index (κ3) is 4.76. The molecule has 4 aromatic rings. The quantitative estimate of drug-likeness (QED) is 0.398. The van der Waals surface area contributed by atoms with Crippen LogP contribution in [0.15, 0.2) is 54.9 Å². The van der Waals surface area contributed by atoms with Crippen LogP contribution < -0.4 is 10.1 Å². The number of anilines is 2. The summed E-state index contributed by atoms with van der Waals surface area (Å²) in [5, 5.41) is 12.9. The van der Waals surface area contributed by atoms with E-state index in [-0.39, 0.29) is 31.4 Å². The van der Waals surface area contributed by atoms with E-state index in [1.54, 1.807) is 36.4 Å². The molecule has 0 amide bonds. The largest absolute Gasteiger partial charge is 0.487 e. The lowest BCUT2D eigenvalue weighted by atomic mass is 10.2. The van der Waals surface area contributed by atoms with Crippen molar-refractivity contribution in [2.75, 3.05) is 5.32 Å². The first-order valence-electron chi connectivity index (χ1n) is 8.49. The molecule has 0 spiro atoms. The Kier molecular flexibility index (Phi) is 6.53. The predicted molar refractivity (Wildman–Crippen MR) is 113 cm³/mol. The molecule has 3 N–H and O–H groups in total. The number of aromatic nitrogens is 3. The Morgan fingerprint density at radius 2 is 2.00 bits per heavy atom. The highest BCUT2D eigenvalue weighted by atomic mass is 35.5. The number of hydrogen-bond acceptors (Lipinski definition) is 5. The van der Waals surface area contributed by atoms with Gasteiger partial charge >= 0.3 is 0 Å². The van der Waals surface area contributed by atoms with Crippen molar-refractivity contribution in [3.8, 4) is 5.75 Å². The summed E-state index contributed by atoms with van der Waals surface area (Å²) in [4.78, 5) is 11.5. The zero-order valence-corrected chi connectivity index (χ0v) is 16.6. The molecule has 0 saturated carbocycles. The lowest BCUT2D eigenvalue weighted by Crippen LogP contribution is -1.98. The molecule has 6 nitrogen and oxygen atoms in total. The highest BCUT2D eigenvalue weighted by Gasteiger charge is 2.10. The van der Waals surface area contributed by atoms with Gasteiger partial charge in [0.2, 0.25) is 0 Å². The number of aliphatic hydroxyl groups is 1. The topological polar surface area (TPSA) is 83.1 Å². The molecule has 4 rings (SSSR count). The van der Waals surface area contributed by atoms with Crippen LogP contribution in [0.1, 0.15) is 11.3 Å². The van der Waals surface area contributed by atoms with Gasteiger partial charge in [-0.05, 0) is 42.0 Å². The number of aromatic amines is 1. The Labute approximate surface area is 177 Å². The van der Waals surface area contributed by atoms with E-state index in [0.717, 1.165) is 0 Å². The number of benzene rings is 2. The zero-order valence-electron chi connectivity index (χ0n) is 15.0. The molecular weight excluding hydrogens is 418 g/mol. The summed E-state index contributed by atoms with van der Waals surface area (Å²) in [6.45, 7) is 0.0994. The predicted octanol–water partition coefficient (Wildman–Crippen LogP) is 4.99. The van der Waals surface area contributed by atoms with Crippen LogP contribution in [0.2, 0.25) is 5.02 Å². The van der Waals surface area contributed by atoms with Crippen LogP contribution in [0.5, 0.6) is 5.75 Å². The number of rotatable bonds is 6. The van der Waals surface area contributed by atoms with Gasteiger partial charge in [-0.3, -0.25) is 0 Å². The average Bonchev–Trinajstić information content (AvgIpc) is 3.12. The highest BCUT2D eigenvalue weighted by Crippen LogP contribution is 2.31. The van der Waals surface area contributed by atoms with Gasteiger partial charge in [-0.2, -0.15) is 0 Å². The molecule has 0 aliphatic rings. The molecule has 0 bridgehead atoms. The van der Waals surface area contributed by atoms with Crippen LogP contribution in [0, 0.1) is 5.82 Å². The highest BCUT2D eigenvalue weighted by molar-refractivity contribution is 6.32. The minimum absolute atomic E-state index is 0. The summed E-state index contributed by atoms with van der Waals surface area (Å²) < 4.78 is 18.9. The Hall–Kier alpha value is -2.87. The van der Waals surface area contributed by atoms with Crippen molar-refractivity contribution in [3.63, 3.8) is 0 Å². The van der Waals surface area contributed by atoms with Gasteiger partial charge in [-0.1, -0.05) is 23.7 Å². The monoisotopic (exact) mass is 434 g/mol. The molecule has 0 aliphatic carbocycles. The van der Waals surface area contributed by atoms with Crippen molar-refractivity contribution in [3.05, 3.63) is 77.0 Å². The van der Waals surface area contributed by atoms with Gasteiger partial charge in [0.15, 0.2) is 5.82 Å². The van der Waals surface area contributed by atoms with Crippen LogP contribution in [0.3, 0.4) is 0 Å². The lowest BCUT2D eigenvalue weighted by molar-refractivity contribution is 0.278. The lowest BCUT2D eigenvalue weighted by Gasteiger charge is -2.11. The molecule has 9 heteroatoms. The molecule has 0 radical (unpaired) electrons. The van der Waals surface area contributed by atoms with Gasteiger partial charge < -0.3 is 20.1 Å². The van der Waals surface area contributed by atoms with Gasteiger partial charge in [0.1, 0.15) is 30.0 Å². The normalized spacial score (nSPS) is 10.6. The van der Waals surface area contributed by atoms with Gasteiger partial charge in [-0.25, -0.2) is 14.4 Å². The summed E-state index contributed by atoms with van der Waals surface area (Å²) in [6, 6.07) is 13.2. The van der Waals surface area contributed by atoms with Gasteiger partial charge in [0.05, 0.1) is 17.1 Å². The van der Waals surface area contributed by atoms with Crippen molar-refractivity contribution in [2.45, 2.75) is 13.2 Å². The van der Waals surface area contributed by atoms with Crippen LogP contribution in [0.4, 0.5) is 15.9 Å². The third-order valence-electron chi connectivity index (χ3n) is 4.12. The van der Waals surface area contributed by atoms with E-state index < -0.39 is 0 Å². The molecule has 0 saturated heterocycles. The first-order chi connectivity index (χ1) is 13.6. The molecule has 2 heterocycles. The standard InChI is InChI=1S/C20H16ClFN4O2.ClH/c21-16-7-14(4-5-18(16)28-10-12-2-1-3-13(22)6-12)26-20-19-17(23-11-24-20)8-15(9-27)25-19;/h1-8,11,25,27H,9-10H2,(H,23,24,26);1H. The van der Waals surface area contributed by atoms with Crippen molar-refractivity contribution < 1.29 is 14.2 Å². The van der Waals surface area contributed by atoms with Gasteiger partial charge in [0, 0.05) is 11.4 Å². The number of aliphatic hydroxyl groups excluding tert-OH is 1. The van der Waals surface area contributed by atoms with Crippen molar-refractivity contribution in [1.29, 1.82) is 0 Å². The molecule has 29 heavy (non-hydrogen) atoms. The fourth-order valence-corrected chi connectivity index (χ4v) is 3.03. The van der Waals surface area contributed by atoms with Crippen molar-refractivity contribution in [1.82, 2.24) is 15.0 Å². The van der Waals surface area contributed by atoms with Crippen molar-refractivity contribution >= 4 is 46.5 Å². The third-order valence-corrected chi connectivity index (χ3v) is 4.42. The smallest absolute Gasteiger partial charge is 0.158 e. The first kappa shape index (κ1) is 20.9. The Morgan fingerprint density at radius 3 is 2.76 bits per heavy atom. The minimum Gasteiger partial charge on any atom is -0.487 e.